The van der Waals surface area contributed by atoms with Crippen molar-refractivity contribution in [3.8, 4) is 11.5 Å². The third-order valence-electron chi connectivity index (χ3n) is 3.68. The molecule has 1 rings (SSSR count). The number of hydrogen-bond acceptors (Lipinski definition) is 4. The number of ether oxygens (including phenoxy) is 2. The fraction of sp³-hybridized carbons (Fsp3) is 0.556. The number of carboxylic acid groups (broad SMARTS) is 1. The van der Waals surface area contributed by atoms with Gasteiger partial charge in [0.2, 0.25) is 0 Å². The summed E-state index contributed by atoms with van der Waals surface area (Å²) in [5.74, 6) is -0.182. The first-order chi connectivity index (χ1) is 11.3. The summed E-state index contributed by atoms with van der Waals surface area (Å²) in [4.78, 5) is 24.7. The molecule has 24 heavy (non-hydrogen) atoms. The Morgan fingerprint density at radius 2 is 1.88 bits per heavy atom. The van der Waals surface area contributed by atoms with Crippen LogP contribution >= 0.6 is 0 Å². The summed E-state index contributed by atoms with van der Waals surface area (Å²) in [7, 11) is 3.11. The first-order valence-electron chi connectivity index (χ1n) is 8.05. The average Bonchev–Trinajstić information content (AvgIpc) is 2.53. The van der Waals surface area contributed by atoms with Gasteiger partial charge in [-0.2, -0.15) is 0 Å². The average molecular weight is 337 g/mol. The zero-order valence-corrected chi connectivity index (χ0v) is 15.0. The van der Waals surface area contributed by atoms with Gasteiger partial charge in [0.05, 0.1) is 19.6 Å². The number of nitrogens with zero attached hydrogens (tertiary/aromatic N) is 1. The summed E-state index contributed by atoms with van der Waals surface area (Å²) in [6.45, 7) is 6.53. The minimum atomic E-state index is -0.930. The molecule has 134 valence electrons. The van der Waals surface area contributed by atoms with Crippen molar-refractivity contribution in [1.29, 1.82) is 0 Å². The zero-order chi connectivity index (χ0) is 18.3. The highest BCUT2D eigenvalue weighted by Crippen LogP contribution is 2.29. The van der Waals surface area contributed by atoms with E-state index in [4.69, 9.17) is 14.6 Å². The Bertz CT molecular complexity index is 571. The summed E-state index contributed by atoms with van der Waals surface area (Å²) in [6.07, 6.45) is 0.930. The third kappa shape index (κ3) is 5.76. The molecule has 1 aromatic rings. The van der Waals surface area contributed by atoms with E-state index in [1.807, 2.05) is 0 Å². The molecule has 1 aromatic carbocycles. The van der Waals surface area contributed by atoms with Crippen molar-refractivity contribution < 1.29 is 24.2 Å². The predicted octanol–water partition coefficient (Wildman–Crippen LogP) is 2.91. The van der Waals surface area contributed by atoms with E-state index in [0.29, 0.717) is 29.6 Å². The lowest BCUT2D eigenvalue weighted by molar-refractivity contribution is -0.141. The second-order valence-corrected chi connectivity index (χ2v) is 6.32. The van der Waals surface area contributed by atoms with Crippen molar-refractivity contribution in [1.82, 2.24) is 4.90 Å². The number of rotatable bonds is 9. The Kier molecular flexibility index (Phi) is 7.55. The standard InChI is InChI=1S/C18H27NO5/c1-12(2)8-9-24-15-7-6-14(10-16(15)23-5)17(20)19(4)11-13(3)18(21)22/h6-7,10,12-13H,8-9,11H2,1-5H3,(H,21,22). The van der Waals surface area contributed by atoms with E-state index in [1.165, 1.54) is 12.0 Å². The van der Waals surface area contributed by atoms with Gasteiger partial charge < -0.3 is 19.5 Å². The molecule has 0 saturated carbocycles. The molecule has 0 heterocycles. The molecule has 0 aliphatic carbocycles. The van der Waals surface area contributed by atoms with Crippen LogP contribution in [0.15, 0.2) is 18.2 Å². The van der Waals surface area contributed by atoms with Crippen LogP contribution in [0.1, 0.15) is 37.6 Å². The maximum Gasteiger partial charge on any atom is 0.308 e. The normalized spacial score (nSPS) is 11.9. The van der Waals surface area contributed by atoms with Gasteiger partial charge in [-0.05, 0) is 30.5 Å². The molecule has 0 bridgehead atoms. The van der Waals surface area contributed by atoms with Gasteiger partial charge in [0.15, 0.2) is 11.5 Å². The van der Waals surface area contributed by atoms with Crippen LogP contribution in [0.2, 0.25) is 0 Å². The van der Waals surface area contributed by atoms with E-state index in [2.05, 4.69) is 13.8 Å². The fourth-order valence-corrected chi connectivity index (χ4v) is 2.12. The molecular formula is C18H27NO5. The highest BCUT2D eigenvalue weighted by molar-refractivity contribution is 5.95. The van der Waals surface area contributed by atoms with Crippen LogP contribution in [0, 0.1) is 11.8 Å². The van der Waals surface area contributed by atoms with Crippen molar-refractivity contribution >= 4 is 11.9 Å². The van der Waals surface area contributed by atoms with Gasteiger partial charge in [0.1, 0.15) is 0 Å². The van der Waals surface area contributed by atoms with Crippen LogP contribution < -0.4 is 9.47 Å². The van der Waals surface area contributed by atoms with Crippen molar-refractivity contribution in [3.05, 3.63) is 23.8 Å². The van der Waals surface area contributed by atoms with Crippen molar-refractivity contribution in [2.75, 3.05) is 27.3 Å². The van der Waals surface area contributed by atoms with Crippen LogP contribution in [-0.4, -0.2) is 49.2 Å². The molecule has 0 spiro atoms. The number of benzene rings is 1. The molecule has 6 nitrogen and oxygen atoms in total. The maximum atomic E-state index is 12.4. The Balaban J connectivity index is 2.81. The molecule has 0 aliphatic rings. The largest absolute Gasteiger partial charge is 0.493 e. The van der Waals surface area contributed by atoms with Gasteiger partial charge in [-0.3, -0.25) is 9.59 Å². The lowest BCUT2D eigenvalue weighted by Gasteiger charge is -2.20. The van der Waals surface area contributed by atoms with Gasteiger partial charge >= 0.3 is 5.97 Å². The van der Waals surface area contributed by atoms with Crippen LogP contribution in [0.3, 0.4) is 0 Å². The number of amides is 1. The minimum Gasteiger partial charge on any atom is -0.493 e. The number of hydrogen-bond donors (Lipinski definition) is 1. The summed E-state index contributed by atoms with van der Waals surface area (Å²) >= 11 is 0. The van der Waals surface area contributed by atoms with Gasteiger partial charge in [-0.15, -0.1) is 0 Å². The van der Waals surface area contributed by atoms with E-state index in [1.54, 1.807) is 32.2 Å². The molecular weight excluding hydrogens is 310 g/mol. The van der Waals surface area contributed by atoms with Gasteiger partial charge in [-0.25, -0.2) is 0 Å². The first-order valence-corrected chi connectivity index (χ1v) is 8.05. The van der Waals surface area contributed by atoms with Crippen LogP contribution in [0.4, 0.5) is 0 Å². The molecule has 0 aliphatic heterocycles. The van der Waals surface area contributed by atoms with E-state index in [0.717, 1.165) is 6.42 Å². The minimum absolute atomic E-state index is 0.142. The molecule has 1 amide bonds. The molecule has 0 fully saturated rings. The summed E-state index contributed by atoms with van der Waals surface area (Å²) in [5, 5.41) is 8.95. The van der Waals surface area contributed by atoms with Gasteiger partial charge in [0.25, 0.3) is 5.91 Å². The number of carbonyl (C=O) groups is 2. The molecule has 1 atom stereocenters. The summed E-state index contributed by atoms with van der Waals surface area (Å²) in [5.41, 5.74) is 0.433. The monoisotopic (exact) mass is 337 g/mol. The van der Waals surface area contributed by atoms with Crippen LogP contribution in [0.25, 0.3) is 0 Å². The smallest absolute Gasteiger partial charge is 0.308 e. The Morgan fingerprint density at radius 1 is 1.21 bits per heavy atom. The highest BCUT2D eigenvalue weighted by atomic mass is 16.5. The number of carbonyl (C=O) groups excluding carboxylic acids is 1. The second-order valence-electron chi connectivity index (χ2n) is 6.32. The predicted molar refractivity (Wildman–Crippen MR) is 91.7 cm³/mol. The molecule has 1 N–H and O–H groups in total. The SMILES string of the molecule is COc1cc(C(=O)N(C)CC(C)C(=O)O)ccc1OCCC(C)C. The van der Waals surface area contributed by atoms with E-state index >= 15 is 0 Å². The van der Waals surface area contributed by atoms with Gasteiger partial charge in [0, 0.05) is 19.2 Å². The lowest BCUT2D eigenvalue weighted by Crippen LogP contribution is -2.33. The van der Waals surface area contributed by atoms with E-state index in [-0.39, 0.29) is 12.5 Å². The number of aliphatic carboxylic acids is 1. The molecule has 6 heteroatoms. The third-order valence-corrected chi connectivity index (χ3v) is 3.68. The lowest BCUT2D eigenvalue weighted by atomic mass is 10.1. The summed E-state index contributed by atoms with van der Waals surface area (Å²) < 4.78 is 11.0. The molecule has 1 unspecified atom stereocenters. The topological polar surface area (TPSA) is 76.1 Å². The molecule has 0 radical (unpaired) electrons. The summed E-state index contributed by atoms with van der Waals surface area (Å²) in [6, 6.07) is 4.99. The Hall–Kier alpha value is -2.24. The van der Waals surface area contributed by atoms with Gasteiger partial charge in [-0.1, -0.05) is 20.8 Å². The van der Waals surface area contributed by atoms with E-state index < -0.39 is 11.9 Å². The molecule has 0 saturated heterocycles. The van der Waals surface area contributed by atoms with Crippen LogP contribution in [-0.2, 0) is 4.79 Å². The zero-order valence-electron chi connectivity index (χ0n) is 15.0. The van der Waals surface area contributed by atoms with E-state index in [9.17, 15) is 9.59 Å². The quantitative estimate of drug-likeness (QED) is 0.750. The number of methoxy groups -OCH3 is 1. The second kappa shape index (κ2) is 9.15. The molecule has 0 aromatic heterocycles. The number of carboxylic acids is 1. The highest BCUT2D eigenvalue weighted by Gasteiger charge is 2.19. The van der Waals surface area contributed by atoms with Crippen molar-refractivity contribution in [2.24, 2.45) is 11.8 Å². The maximum absolute atomic E-state index is 12.4. The van der Waals surface area contributed by atoms with Crippen LogP contribution in [0.5, 0.6) is 11.5 Å². The Morgan fingerprint density at radius 3 is 2.42 bits per heavy atom. The van der Waals surface area contributed by atoms with Crippen molar-refractivity contribution in [3.63, 3.8) is 0 Å². The Labute approximate surface area is 143 Å². The fourth-order valence-electron chi connectivity index (χ4n) is 2.12. The van der Waals surface area contributed by atoms with Crippen molar-refractivity contribution in [2.45, 2.75) is 27.2 Å². The first kappa shape index (κ1) is 19.8.